The SMILES string of the molecule is O=C(Cc1cc2c(nn1)OCCN2S(=O)(=O)c1ccc(F)c(Cl)c1)c1c(Cl)cccc1Cl. The van der Waals surface area contributed by atoms with Gasteiger partial charge in [0.05, 0.1) is 44.2 Å². The number of hydrogen-bond acceptors (Lipinski definition) is 6. The second-order valence-electron chi connectivity index (χ2n) is 6.72. The molecule has 166 valence electrons. The van der Waals surface area contributed by atoms with Crippen molar-refractivity contribution in [2.75, 3.05) is 17.5 Å². The van der Waals surface area contributed by atoms with Gasteiger partial charge in [0.15, 0.2) is 5.78 Å². The van der Waals surface area contributed by atoms with Crippen LogP contribution in [-0.2, 0) is 16.4 Å². The standard InChI is InChI=1S/C20H13Cl3FN3O4S/c21-13-2-1-3-14(22)19(13)18(28)9-11-8-17-20(26-25-11)31-7-6-27(17)32(29,30)12-4-5-16(24)15(23)10-12/h1-5,8,10H,6-7,9H2. The number of benzene rings is 2. The molecule has 0 atom stereocenters. The summed E-state index contributed by atoms with van der Waals surface area (Å²) in [6, 6.07) is 9.20. The first-order valence-electron chi connectivity index (χ1n) is 9.13. The van der Waals surface area contributed by atoms with Crippen LogP contribution in [0.1, 0.15) is 16.1 Å². The molecule has 3 aromatic rings. The van der Waals surface area contributed by atoms with E-state index in [9.17, 15) is 17.6 Å². The van der Waals surface area contributed by atoms with Crippen molar-refractivity contribution in [1.82, 2.24) is 10.2 Å². The molecular formula is C20H13Cl3FN3O4S. The highest BCUT2D eigenvalue weighted by molar-refractivity contribution is 7.92. The summed E-state index contributed by atoms with van der Waals surface area (Å²) in [7, 11) is -4.12. The van der Waals surface area contributed by atoms with E-state index in [-0.39, 0.29) is 62.4 Å². The van der Waals surface area contributed by atoms with E-state index in [1.165, 1.54) is 18.2 Å². The second-order valence-corrected chi connectivity index (χ2v) is 9.81. The molecule has 0 saturated heterocycles. The van der Waals surface area contributed by atoms with Crippen molar-refractivity contribution in [2.45, 2.75) is 11.3 Å². The average Bonchev–Trinajstić information content (AvgIpc) is 2.75. The third kappa shape index (κ3) is 4.25. The number of Topliss-reactive ketones (excluding diaryl/α,β-unsaturated/α-hetero) is 1. The third-order valence-corrected chi connectivity index (χ3v) is 7.38. The second kappa shape index (κ2) is 8.82. The van der Waals surface area contributed by atoms with Crippen LogP contribution < -0.4 is 9.04 Å². The van der Waals surface area contributed by atoms with E-state index >= 15 is 0 Å². The van der Waals surface area contributed by atoms with Crippen LogP contribution in [0.15, 0.2) is 47.4 Å². The first kappa shape index (κ1) is 22.7. The number of halogens is 4. The van der Waals surface area contributed by atoms with E-state index in [0.29, 0.717) is 0 Å². The highest BCUT2D eigenvalue weighted by Gasteiger charge is 2.32. The monoisotopic (exact) mass is 515 g/mol. The molecule has 0 amide bonds. The molecule has 7 nitrogen and oxygen atoms in total. The summed E-state index contributed by atoms with van der Waals surface area (Å²) >= 11 is 17.9. The molecule has 0 fully saturated rings. The van der Waals surface area contributed by atoms with Gasteiger partial charge in [0, 0.05) is 0 Å². The van der Waals surface area contributed by atoms with Crippen LogP contribution in [-0.4, -0.2) is 37.6 Å². The Morgan fingerprint density at radius 3 is 2.47 bits per heavy atom. The number of carbonyl (C=O) groups is 1. The molecule has 0 N–H and O–H groups in total. The van der Waals surface area contributed by atoms with Gasteiger partial charge in [-0.25, -0.2) is 12.8 Å². The lowest BCUT2D eigenvalue weighted by Gasteiger charge is -2.29. The zero-order valence-electron chi connectivity index (χ0n) is 16.1. The first-order chi connectivity index (χ1) is 15.2. The lowest BCUT2D eigenvalue weighted by molar-refractivity contribution is 0.0992. The highest BCUT2D eigenvalue weighted by Crippen LogP contribution is 2.35. The van der Waals surface area contributed by atoms with Gasteiger partial charge in [-0.1, -0.05) is 40.9 Å². The Bertz CT molecular complexity index is 1320. The van der Waals surface area contributed by atoms with Crippen molar-refractivity contribution >= 4 is 56.3 Å². The zero-order valence-corrected chi connectivity index (χ0v) is 19.1. The van der Waals surface area contributed by atoms with E-state index in [0.717, 1.165) is 22.5 Å². The summed E-state index contributed by atoms with van der Waals surface area (Å²) in [6.07, 6.45) is -0.222. The summed E-state index contributed by atoms with van der Waals surface area (Å²) in [5, 5.41) is 7.93. The number of anilines is 1. The predicted octanol–water partition coefficient (Wildman–Crippen LogP) is 4.59. The number of sulfonamides is 1. The Kier molecular flexibility index (Phi) is 6.26. The van der Waals surface area contributed by atoms with Gasteiger partial charge >= 0.3 is 0 Å². The minimum Gasteiger partial charge on any atom is -0.473 e. The lowest BCUT2D eigenvalue weighted by Crippen LogP contribution is -2.38. The molecule has 4 rings (SSSR count). The van der Waals surface area contributed by atoms with Gasteiger partial charge in [0.25, 0.3) is 15.9 Å². The van der Waals surface area contributed by atoms with Crippen LogP contribution in [0, 0.1) is 5.82 Å². The summed E-state index contributed by atoms with van der Waals surface area (Å²) in [5.41, 5.74) is 0.421. The van der Waals surface area contributed by atoms with Crippen LogP contribution >= 0.6 is 34.8 Å². The maximum atomic E-state index is 13.5. The highest BCUT2D eigenvalue weighted by atomic mass is 35.5. The normalized spacial score (nSPS) is 13.4. The summed E-state index contributed by atoms with van der Waals surface area (Å²) < 4.78 is 46.4. The summed E-state index contributed by atoms with van der Waals surface area (Å²) in [5.74, 6) is -1.16. The lowest BCUT2D eigenvalue weighted by atomic mass is 10.1. The van der Waals surface area contributed by atoms with Crippen molar-refractivity contribution < 1.29 is 22.3 Å². The van der Waals surface area contributed by atoms with Crippen molar-refractivity contribution in [3.8, 4) is 5.88 Å². The smallest absolute Gasteiger partial charge is 0.264 e. The van der Waals surface area contributed by atoms with Gasteiger partial charge in [0.1, 0.15) is 18.1 Å². The molecule has 2 aromatic carbocycles. The molecule has 1 aliphatic rings. The fraction of sp³-hybridized carbons (Fsp3) is 0.150. The van der Waals surface area contributed by atoms with Crippen molar-refractivity contribution in [2.24, 2.45) is 0 Å². The van der Waals surface area contributed by atoms with Gasteiger partial charge in [-0.15, -0.1) is 5.10 Å². The number of carbonyl (C=O) groups excluding carboxylic acids is 1. The van der Waals surface area contributed by atoms with Gasteiger partial charge < -0.3 is 4.74 Å². The molecular weight excluding hydrogens is 504 g/mol. The molecule has 0 aliphatic carbocycles. The van der Waals surface area contributed by atoms with Crippen LogP contribution in [0.4, 0.5) is 10.1 Å². The number of aromatic nitrogens is 2. The maximum Gasteiger partial charge on any atom is 0.264 e. The van der Waals surface area contributed by atoms with E-state index in [2.05, 4.69) is 10.2 Å². The third-order valence-electron chi connectivity index (χ3n) is 4.66. The summed E-state index contributed by atoms with van der Waals surface area (Å²) in [6.45, 7) is 0.00307. The van der Waals surface area contributed by atoms with Gasteiger partial charge in [0.2, 0.25) is 0 Å². The van der Waals surface area contributed by atoms with E-state index in [1.54, 1.807) is 6.07 Å². The van der Waals surface area contributed by atoms with Crippen LogP contribution in [0.25, 0.3) is 0 Å². The van der Waals surface area contributed by atoms with E-state index in [4.69, 9.17) is 39.5 Å². The maximum absolute atomic E-state index is 13.5. The Labute approximate surface area is 197 Å². The minimum absolute atomic E-state index is 0.0139. The number of nitrogens with zero attached hydrogens (tertiary/aromatic N) is 3. The largest absolute Gasteiger partial charge is 0.473 e. The van der Waals surface area contributed by atoms with Crippen molar-refractivity contribution in [3.63, 3.8) is 0 Å². The van der Waals surface area contributed by atoms with E-state index in [1.807, 2.05) is 0 Å². The minimum atomic E-state index is -4.12. The van der Waals surface area contributed by atoms with Gasteiger partial charge in [-0.05, 0) is 36.4 Å². The number of fused-ring (bicyclic) bond motifs is 1. The number of ether oxygens (including phenoxy) is 1. The van der Waals surface area contributed by atoms with Crippen molar-refractivity contribution in [1.29, 1.82) is 0 Å². The molecule has 0 unspecified atom stereocenters. The van der Waals surface area contributed by atoms with Gasteiger partial charge in [-0.3, -0.25) is 9.10 Å². The first-order valence-corrected chi connectivity index (χ1v) is 11.7. The van der Waals surface area contributed by atoms with E-state index < -0.39 is 21.6 Å². The molecule has 1 aliphatic heterocycles. The Balaban J connectivity index is 1.69. The Morgan fingerprint density at radius 1 is 1.06 bits per heavy atom. The molecule has 2 heterocycles. The fourth-order valence-corrected chi connectivity index (χ4v) is 5.47. The molecule has 0 radical (unpaired) electrons. The predicted molar refractivity (Wildman–Crippen MR) is 118 cm³/mol. The Hall–Kier alpha value is -2.46. The fourth-order valence-electron chi connectivity index (χ4n) is 3.15. The quantitative estimate of drug-likeness (QED) is 0.461. The van der Waals surface area contributed by atoms with Crippen LogP contribution in [0.5, 0.6) is 5.88 Å². The molecule has 1 aromatic heterocycles. The molecule has 32 heavy (non-hydrogen) atoms. The van der Waals surface area contributed by atoms with Crippen LogP contribution in [0.2, 0.25) is 15.1 Å². The van der Waals surface area contributed by atoms with Gasteiger partial charge in [-0.2, -0.15) is 5.10 Å². The topological polar surface area (TPSA) is 89.5 Å². The summed E-state index contributed by atoms with van der Waals surface area (Å²) in [4.78, 5) is 12.5. The molecule has 12 heteroatoms. The molecule has 0 bridgehead atoms. The molecule has 0 saturated carbocycles. The van der Waals surface area contributed by atoms with Crippen LogP contribution in [0.3, 0.4) is 0 Å². The average molecular weight is 517 g/mol. The van der Waals surface area contributed by atoms with Crippen molar-refractivity contribution in [3.05, 3.63) is 74.6 Å². The number of ketones is 1. The number of hydrogen-bond donors (Lipinski definition) is 0. The Morgan fingerprint density at radius 2 is 1.78 bits per heavy atom. The number of rotatable bonds is 5. The zero-order chi connectivity index (χ0) is 23.0. The molecule has 0 spiro atoms.